The van der Waals surface area contributed by atoms with Gasteiger partial charge in [0.05, 0.1) is 10.9 Å². The molecule has 0 aliphatic heterocycles. The minimum atomic E-state index is -0.770. The summed E-state index contributed by atoms with van der Waals surface area (Å²) in [6.45, 7) is 0. The number of nitrogens with zero attached hydrogens (tertiary/aromatic N) is 2. The normalized spacial score (nSPS) is 10.6. The lowest BCUT2D eigenvalue weighted by Gasteiger charge is -2.09. The molecular weight excluding hydrogens is 327 g/mol. The number of halogens is 1. The minimum absolute atomic E-state index is 0.0496. The van der Waals surface area contributed by atoms with Gasteiger partial charge in [0.1, 0.15) is 5.82 Å². The number of carbonyl (C=O) groups is 2. The molecule has 3 aromatic rings. The fourth-order valence-corrected chi connectivity index (χ4v) is 2.44. The van der Waals surface area contributed by atoms with Gasteiger partial charge in [-0.25, -0.2) is 4.39 Å². The second-order valence-electron chi connectivity index (χ2n) is 5.36. The third kappa shape index (κ3) is 3.09. The van der Waals surface area contributed by atoms with Gasteiger partial charge < -0.3 is 11.1 Å². The number of anilines is 1. The maximum atomic E-state index is 13.4. The van der Waals surface area contributed by atoms with Crippen molar-refractivity contribution in [2.24, 2.45) is 12.8 Å². The van der Waals surface area contributed by atoms with E-state index in [0.717, 1.165) is 6.07 Å². The molecule has 0 fully saturated rings. The first-order valence-corrected chi connectivity index (χ1v) is 7.24. The first kappa shape index (κ1) is 16.3. The van der Waals surface area contributed by atoms with Gasteiger partial charge in [0.25, 0.3) is 5.91 Å². The molecule has 0 unspecified atom stereocenters. The van der Waals surface area contributed by atoms with Gasteiger partial charge in [0.15, 0.2) is 5.69 Å². The molecule has 126 valence electrons. The van der Waals surface area contributed by atoms with Crippen LogP contribution in [-0.4, -0.2) is 21.6 Å². The maximum absolute atomic E-state index is 13.4. The lowest BCUT2D eigenvalue weighted by molar-refractivity contribution is 0.0995. The number of rotatable bonds is 3. The summed E-state index contributed by atoms with van der Waals surface area (Å²) in [5, 5.41) is 6.50. The van der Waals surface area contributed by atoms with Crippen LogP contribution in [0.2, 0.25) is 0 Å². The minimum Gasteiger partial charge on any atom is -0.366 e. The van der Waals surface area contributed by atoms with Crippen LogP contribution in [0.15, 0.2) is 47.3 Å². The van der Waals surface area contributed by atoms with Crippen molar-refractivity contribution < 1.29 is 14.0 Å². The zero-order valence-electron chi connectivity index (χ0n) is 13.1. The van der Waals surface area contributed by atoms with Crippen LogP contribution >= 0.6 is 0 Å². The molecule has 0 atom stereocenters. The van der Waals surface area contributed by atoms with Crippen LogP contribution in [0.5, 0.6) is 0 Å². The van der Waals surface area contributed by atoms with Crippen molar-refractivity contribution in [2.45, 2.75) is 0 Å². The van der Waals surface area contributed by atoms with Gasteiger partial charge in [-0.15, -0.1) is 0 Å². The number of primary amides is 1. The third-order valence-corrected chi connectivity index (χ3v) is 3.64. The number of amides is 2. The van der Waals surface area contributed by atoms with Crippen LogP contribution in [-0.2, 0) is 7.05 Å². The summed E-state index contributed by atoms with van der Waals surface area (Å²) in [6, 6.07) is 9.63. The SMILES string of the molecule is Cn1nc(C(=O)Nc2cccc(C(N)=O)c2)c(=O)c2cc(F)ccc21. The number of benzene rings is 2. The number of hydrogen-bond acceptors (Lipinski definition) is 4. The molecule has 0 aliphatic rings. The van der Waals surface area contributed by atoms with Crippen LogP contribution < -0.4 is 16.5 Å². The van der Waals surface area contributed by atoms with E-state index in [1.807, 2.05) is 0 Å². The number of fused-ring (bicyclic) bond motifs is 1. The topological polar surface area (TPSA) is 107 Å². The van der Waals surface area contributed by atoms with E-state index >= 15 is 0 Å². The van der Waals surface area contributed by atoms with Crippen molar-refractivity contribution >= 4 is 28.4 Å². The summed E-state index contributed by atoms with van der Waals surface area (Å²) in [7, 11) is 1.55. The predicted molar refractivity (Wildman–Crippen MR) is 89.9 cm³/mol. The summed E-state index contributed by atoms with van der Waals surface area (Å²) in [5.41, 5.74) is 5.01. The highest BCUT2D eigenvalue weighted by Crippen LogP contribution is 2.13. The molecule has 3 N–H and O–H groups in total. The Morgan fingerprint density at radius 1 is 1.20 bits per heavy atom. The van der Waals surface area contributed by atoms with Crippen molar-refractivity contribution in [3.63, 3.8) is 0 Å². The number of nitrogens with one attached hydrogen (secondary N) is 1. The van der Waals surface area contributed by atoms with Crippen LogP contribution in [0.1, 0.15) is 20.8 Å². The molecule has 0 spiro atoms. The number of carbonyl (C=O) groups excluding carboxylic acids is 2. The molecule has 0 bridgehead atoms. The van der Waals surface area contributed by atoms with E-state index in [-0.39, 0.29) is 22.3 Å². The Labute approximate surface area is 140 Å². The Kier molecular flexibility index (Phi) is 4.02. The highest BCUT2D eigenvalue weighted by Gasteiger charge is 2.17. The van der Waals surface area contributed by atoms with E-state index in [0.29, 0.717) is 5.52 Å². The summed E-state index contributed by atoms with van der Waals surface area (Å²) in [4.78, 5) is 36.1. The molecule has 25 heavy (non-hydrogen) atoms. The molecule has 7 nitrogen and oxygen atoms in total. The monoisotopic (exact) mass is 340 g/mol. The van der Waals surface area contributed by atoms with Gasteiger partial charge in [-0.05, 0) is 36.4 Å². The molecule has 3 rings (SSSR count). The van der Waals surface area contributed by atoms with Crippen molar-refractivity contribution in [2.75, 3.05) is 5.32 Å². The summed E-state index contributed by atoms with van der Waals surface area (Å²) in [6.07, 6.45) is 0. The van der Waals surface area contributed by atoms with E-state index in [9.17, 15) is 18.8 Å². The highest BCUT2D eigenvalue weighted by molar-refractivity contribution is 6.05. The number of aromatic nitrogens is 2. The van der Waals surface area contributed by atoms with E-state index in [1.165, 1.54) is 41.1 Å². The van der Waals surface area contributed by atoms with Crippen LogP contribution in [0.3, 0.4) is 0 Å². The van der Waals surface area contributed by atoms with Gasteiger partial charge in [0, 0.05) is 18.3 Å². The summed E-state index contributed by atoms with van der Waals surface area (Å²) < 4.78 is 14.8. The maximum Gasteiger partial charge on any atom is 0.280 e. The number of hydrogen-bond donors (Lipinski definition) is 2. The Hall–Kier alpha value is -3.55. The van der Waals surface area contributed by atoms with Gasteiger partial charge in [-0.3, -0.25) is 19.1 Å². The predicted octanol–water partition coefficient (Wildman–Crippen LogP) is 1.42. The molecule has 0 saturated heterocycles. The lowest BCUT2D eigenvalue weighted by atomic mass is 10.1. The molecule has 0 radical (unpaired) electrons. The Bertz CT molecular complexity index is 1080. The van der Waals surface area contributed by atoms with Crippen molar-refractivity contribution in [1.29, 1.82) is 0 Å². The third-order valence-electron chi connectivity index (χ3n) is 3.64. The molecule has 2 amide bonds. The molecule has 0 aliphatic carbocycles. The number of nitrogens with two attached hydrogens (primary N) is 1. The van der Waals surface area contributed by atoms with E-state index in [2.05, 4.69) is 10.4 Å². The van der Waals surface area contributed by atoms with Gasteiger partial charge in [0.2, 0.25) is 11.3 Å². The highest BCUT2D eigenvalue weighted by atomic mass is 19.1. The fraction of sp³-hybridized carbons (Fsp3) is 0.0588. The van der Waals surface area contributed by atoms with Gasteiger partial charge >= 0.3 is 0 Å². The molecule has 2 aromatic carbocycles. The van der Waals surface area contributed by atoms with E-state index < -0.39 is 23.1 Å². The van der Waals surface area contributed by atoms with Crippen LogP contribution in [0, 0.1) is 5.82 Å². The second-order valence-corrected chi connectivity index (χ2v) is 5.36. The number of aryl methyl sites for hydroxylation is 1. The van der Waals surface area contributed by atoms with Gasteiger partial charge in [-0.1, -0.05) is 6.07 Å². The second kappa shape index (κ2) is 6.16. The summed E-state index contributed by atoms with van der Waals surface area (Å²) in [5.74, 6) is -2.00. The Balaban J connectivity index is 2.03. The standard InChI is InChI=1S/C17H13FN4O3/c1-22-13-6-5-10(18)8-12(13)15(23)14(21-22)17(25)20-11-4-2-3-9(7-11)16(19)24/h2-8H,1H3,(H2,19,24)(H,20,25). The van der Waals surface area contributed by atoms with Crippen molar-refractivity contribution in [1.82, 2.24) is 9.78 Å². The molecule has 1 aromatic heterocycles. The zero-order chi connectivity index (χ0) is 18.1. The lowest BCUT2D eigenvalue weighted by Crippen LogP contribution is -2.26. The van der Waals surface area contributed by atoms with E-state index in [4.69, 9.17) is 5.73 Å². The Morgan fingerprint density at radius 3 is 2.68 bits per heavy atom. The molecule has 1 heterocycles. The average molecular weight is 340 g/mol. The van der Waals surface area contributed by atoms with Crippen LogP contribution in [0.4, 0.5) is 10.1 Å². The van der Waals surface area contributed by atoms with Crippen molar-refractivity contribution in [3.05, 3.63) is 69.8 Å². The largest absolute Gasteiger partial charge is 0.366 e. The quantitative estimate of drug-likeness (QED) is 0.752. The van der Waals surface area contributed by atoms with E-state index in [1.54, 1.807) is 7.05 Å². The van der Waals surface area contributed by atoms with Crippen molar-refractivity contribution in [3.8, 4) is 0 Å². The molecule has 0 saturated carbocycles. The smallest absolute Gasteiger partial charge is 0.280 e. The average Bonchev–Trinajstić information content (AvgIpc) is 2.58. The van der Waals surface area contributed by atoms with Gasteiger partial charge in [-0.2, -0.15) is 5.10 Å². The first-order chi connectivity index (χ1) is 11.9. The fourth-order valence-electron chi connectivity index (χ4n) is 2.44. The first-order valence-electron chi connectivity index (χ1n) is 7.24. The molecular formula is C17H13FN4O3. The van der Waals surface area contributed by atoms with Crippen LogP contribution in [0.25, 0.3) is 10.9 Å². The Morgan fingerprint density at radius 2 is 1.96 bits per heavy atom. The summed E-state index contributed by atoms with van der Waals surface area (Å²) >= 11 is 0. The zero-order valence-corrected chi connectivity index (χ0v) is 13.1. The molecule has 8 heteroatoms.